The van der Waals surface area contributed by atoms with Crippen molar-refractivity contribution in [3.63, 3.8) is 0 Å². The van der Waals surface area contributed by atoms with Crippen LogP contribution < -0.4 is 5.32 Å². The lowest BCUT2D eigenvalue weighted by atomic mass is 9.95. The molecule has 4 heteroatoms. The van der Waals surface area contributed by atoms with Crippen LogP contribution >= 0.6 is 15.9 Å². The molecule has 1 heterocycles. The molecule has 0 aromatic heterocycles. The van der Waals surface area contributed by atoms with Crippen molar-refractivity contribution in [2.75, 3.05) is 18.5 Å². The SMILES string of the molecule is CCOC(=O)CCCC1CNc2c(Br)cccc21. The number of carbonyl (C=O) groups excluding carboxylic acids is 1. The van der Waals surface area contributed by atoms with E-state index < -0.39 is 0 Å². The van der Waals surface area contributed by atoms with Gasteiger partial charge in [-0.2, -0.15) is 0 Å². The van der Waals surface area contributed by atoms with Crippen LogP contribution in [0.15, 0.2) is 22.7 Å². The minimum Gasteiger partial charge on any atom is -0.466 e. The summed E-state index contributed by atoms with van der Waals surface area (Å²) in [4.78, 5) is 11.3. The van der Waals surface area contributed by atoms with Crippen LogP contribution in [0.5, 0.6) is 0 Å². The molecule has 3 nitrogen and oxygen atoms in total. The van der Waals surface area contributed by atoms with Gasteiger partial charge in [0, 0.05) is 23.4 Å². The molecule has 1 aromatic carbocycles. The van der Waals surface area contributed by atoms with Crippen molar-refractivity contribution in [1.82, 2.24) is 0 Å². The van der Waals surface area contributed by atoms with Crippen molar-refractivity contribution in [3.05, 3.63) is 28.2 Å². The van der Waals surface area contributed by atoms with Gasteiger partial charge in [0.25, 0.3) is 0 Å². The molecule has 0 bridgehead atoms. The molecule has 0 saturated carbocycles. The number of hydrogen-bond acceptors (Lipinski definition) is 3. The van der Waals surface area contributed by atoms with Gasteiger partial charge in [-0.1, -0.05) is 12.1 Å². The van der Waals surface area contributed by atoms with E-state index in [2.05, 4.69) is 33.4 Å². The number of hydrogen-bond donors (Lipinski definition) is 1. The van der Waals surface area contributed by atoms with Gasteiger partial charge in [0.05, 0.1) is 12.3 Å². The second-order valence-corrected chi connectivity index (χ2v) is 5.33. The van der Waals surface area contributed by atoms with Crippen LogP contribution in [0.3, 0.4) is 0 Å². The number of nitrogens with one attached hydrogen (secondary N) is 1. The Morgan fingerprint density at radius 1 is 1.56 bits per heavy atom. The molecule has 1 N–H and O–H groups in total. The highest BCUT2D eigenvalue weighted by Gasteiger charge is 2.23. The average Bonchev–Trinajstić information content (AvgIpc) is 2.75. The summed E-state index contributed by atoms with van der Waals surface area (Å²) in [5, 5.41) is 3.42. The zero-order valence-corrected chi connectivity index (χ0v) is 12.1. The molecule has 1 aliphatic rings. The number of fused-ring (bicyclic) bond motifs is 1. The maximum Gasteiger partial charge on any atom is 0.305 e. The fourth-order valence-corrected chi connectivity index (χ4v) is 2.91. The van der Waals surface area contributed by atoms with Crippen LogP contribution in [0.4, 0.5) is 5.69 Å². The van der Waals surface area contributed by atoms with E-state index in [1.54, 1.807) is 0 Å². The van der Waals surface area contributed by atoms with Crippen LogP contribution in [0, 0.1) is 0 Å². The summed E-state index contributed by atoms with van der Waals surface area (Å²) in [6.45, 7) is 3.27. The third-order valence-corrected chi connectivity index (χ3v) is 3.91. The number of anilines is 1. The van der Waals surface area contributed by atoms with Crippen molar-refractivity contribution in [3.8, 4) is 0 Å². The van der Waals surface area contributed by atoms with E-state index >= 15 is 0 Å². The highest BCUT2D eigenvalue weighted by atomic mass is 79.9. The number of ether oxygens (including phenoxy) is 1. The first-order chi connectivity index (χ1) is 8.72. The van der Waals surface area contributed by atoms with Crippen LogP contribution in [0.2, 0.25) is 0 Å². The fraction of sp³-hybridized carbons (Fsp3) is 0.500. The van der Waals surface area contributed by atoms with E-state index in [0.717, 1.165) is 23.9 Å². The molecular weight excluding hydrogens is 294 g/mol. The molecule has 1 atom stereocenters. The van der Waals surface area contributed by atoms with Gasteiger partial charge in [0.1, 0.15) is 0 Å². The van der Waals surface area contributed by atoms with Gasteiger partial charge in [0.15, 0.2) is 0 Å². The number of benzene rings is 1. The monoisotopic (exact) mass is 311 g/mol. The van der Waals surface area contributed by atoms with Gasteiger partial charge >= 0.3 is 5.97 Å². The molecule has 1 aliphatic heterocycles. The van der Waals surface area contributed by atoms with Gasteiger partial charge in [-0.3, -0.25) is 4.79 Å². The Morgan fingerprint density at radius 3 is 3.17 bits per heavy atom. The van der Waals surface area contributed by atoms with E-state index in [4.69, 9.17) is 4.74 Å². The Kier molecular flexibility index (Phi) is 4.64. The van der Waals surface area contributed by atoms with Crippen LogP contribution in [-0.2, 0) is 9.53 Å². The molecule has 1 aromatic rings. The first-order valence-electron chi connectivity index (χ1n) is 6.40. The summed E-state index contributed by atoms with van der Waals surface area (Å²) < 4.78 is 6.05. The van der Waals surface area contributed by atoms with E-state index in [-0.39, 0.29) is 5.97 Å². The van der Waals surface area contributed by atoms with Gasteiger partial charge in [-0.25, -0.2) is 0 Å². The molecule has 1 unspecified atom stereocenters. The maximum atomic E-state index is 11.3. The van der Waals surface area contributed by atoms with Crippen LogP contribution in [0.25, 0.3) is 0 Å². The Balaban J connectivity index is 1.87. The Morgan fingerprint density at radius 2 is 2.39 bits per heavy atom. The highest BCUT2D eigenvalue weighted by molar-refractivity contribution is 9.10. The molecule has 0 saturated heterocycles. The number of esters is 1. The molecule has 0 radical (unpaired) electrons. The summed E-state index contributed by atoms with van der Waals surface area (Å²) in [6.07, 6.45) is 2.43. The summed E-state index contributed by atoms with van der Waals surface area (Å²) >= 11 is 3.55. The average molecular weight is 312 g/mol. The molecule has 98 valence electrons. The largest absolute Gasteiger partial charge is 0.466 e. The first-order valence-corrected chi connectivity index (χ1v) is 7.19. The summed E-state index contributed by atoms with van der Waals surface area (Å²) in [5.74, 6) is 0.421. The Bertz CT molecular complexity index is 434. The Hall–Kier alpha value is -1.03. The smallest absolute Gasteiger partial charge is 0.305 e. The molecule has 0 spiro atoms. The predicted octanol–water partition coefficient (Wildman–Crippen LogP) is 3.69. The third kappa shape index (κ3) is 3.05. The lowest BCUT2D eigenvalue weighted by molar-refractivity contribution is -0.143. The minimum atomic E-state index is -0.0853. The van der Waals surface area contributed by atoms with E-state index in [1.165, 1.54) is 11.3 Å². The second kappa shape index (κ2) is 6.23. The van der Waals surface area contributed by atoms with Crippen molar-refractivity contribution < 1.29 is 9.53 Å². The lowest BCUT2D eigenvalue weighted by Gasteiger charge is -2.09. The standard InChI is InChI=1S/C14H18BrNO2/c1-2-18-13(17)8-3-5-10-9-16-14-11(10)6-4-7-12(14)15/h4,6-7,10,16H,2-3,5,8-9H2,1H3. The van der Waals surface area contributed by atoms with Crippen molar-refractivity contribution in [1.29, 1.82) is 0 Å². The van der Waals surface area contributed by atoms with Crippen LogP contribution in [-0.4, -0.2) is 19.1 Å². The van der Waals surface area contributed by atoms with Crippen molar-refractivity contribution in [2.24, 2.45) is 0 Å². The summed E-state index contributed by atoms with van der Waals surface area (Å²) in [6, 6.07) is 6.27. The molecule has 18 heavy (non-hydrogen) atoms. The molecule has 2 rings (SSSR count). The fourth-order valence-electron chi connectivity index (χ4n) is 2.39. The Labute approximate surface area is 116 Å². The number of para-hydroxylation sites is 1. The van der Waals surface area contributed by atoms with E-state index in [9.17, 15) is 4.79 Å². The zero-order chi connectivity index (χ0) is 13.0. The number of halogens is 1. The van der Waals surface area contributed by atoms with E-state index in [0.29, 0.717) is 18.9 Å². The summed E-state index contributed by atoms with van der Waals surface area (Å²) in [5.41, 5.74) is 2.56. The van der Waals surface area contributed by atoms with Gasteiger partial charge < -0.3 is 10.1 Å². The summed E-state index contributed by atoms with van der Waals surface area (Å²) in [7, 11) is 0. The molecular formula is C14H18BrNO2. The quantitative estimate of drug-likeness (QED) is 0.843. The van der Waals surface area contributed by atoms with Crippen LogP contribution in [0.1, 0.15) is 37.7 Å². The number of rotatable bonds is 5. The maximum absolute atomic E-state index is 11.3. The highest BCUT2D eigenvalue weighted by Crippen LogP contribution is 2.39. The minimum absolute atomic E-state index is 0.0853. The van der Waals surface area contributed by atoms with Crippen molar-refractivity contribution >= 4 is 27.6 Å². The third-order valence-electron chi connectivity index (χ3n) is 3.25. The zero-order valence-electron chi connectivity index (χ0n) is 10.5. The van der Waals surface area contributed by atoms with Gasteiger partial charge in [-0.05, 0) is 47.3 Å². The molecule has 0 amide bonds. The van der Waals surface area contributed by atoms with E-state index in [1.807, 2.05) is 13.0 Å². The second-order valence-electron chi connectivity index (χ2n) is 4.48. The normalized spacial score (nSPS) is 17.1. The van der Waals surface area contributed by atoms with Crippen molar-refractivity contribution in [2.45, 2.75) is 32.1 Å². The predicted molar refractivity (Wildman–Crippen MR) is 75.9 cm³/mol. The first kappa shape index (κ1) is 13.4. The number of carbonyl (C=O) groups is 1. The topological polar surface area (TPSA) is 38.3 Å². The molecule has 0 aliphatic carbocycles. The van der Waals surface area contributed by atoms with Gasteiger partial charge in [0.2, 0.25) is 0 Å². The molecule has 0 fully saturated rings. The lowest BCUT2D eigenvalue weighted by Crippen LogP contribution is -2.06. The van der Waals surface area contributed by atoms with Gasteiger partial charge in [-0.15, -0.1) is 0 Å².